The largest absolute Gasteiger partial charge is 0.508 e. The van der Waals surface area contributed by atoms with Crippen molar-refractivity contribution in [3.63, 3.8) is 0 Å². The number of hydrogen-bond acceptors (Lipinski definition) is 5. The molecule has 1 heterocycles. The molecule has 0 fully saturated rings. The van der Waals surface area contributed by atoms with E-state index in [2.05, 4.69) is 5.32 Å². The highest BCUT2D eigenvalue weighted by Crippen LogP contribution is 2.37. The lowest BCUT2D eigenvalue weighted by molar-refractivity contribution is 0.353. The van der Waals surface area contributed by atoms with Crippen LogP contribution in [0.15, 0.2) is 71.7 Å². The van der Waals surface area contributed by atoms with Crippen molar-refractivity contribution in [2.24, 2.45) is 4.99 Å². The number of rotatable bonds is 5. The number of nitrogens with zero attached hydrogens (tertiary/aromatic N) is 1. The van der Waals surface area contributed by atoms with E-state index in [1.54, 1.807) is 32.4 Å². The number of aromatic hydroxyl groups is 1. The van der Waals surface area contributed by atoms with Gasteiger partial charge in [0.1, 0.15) is 11.9 Å². The molecular weight excluding hydrogens is 400 g/mol. The van der Waals surface area contributed by atoms with Crippen LogP contribution in [0.5, 0.6) is 17.2 Å². The second-order valence-corrected chi connectivity index (χ2v) is 7.52. The van der Waals surface area contributed by atoms with Gasteiger partial charge in [0.2, 0.25) is 0 Å². The third-order valence-corrected chi connectivity index (χ3v) is 5.47. The Kier molecular flexibility index (Phi) is 5.93. The van der Waals surface area contributed by atoms with Crippen LogP contribution in [0.3, 0.4) is 0 Å². The molecule has 2 N–H and O–H groups in total. The van der Waals surface area contributed by atoms with E-state index in [1.165, 1.54) is 0 Å². The fourth-order valence-corrected chi connectivity index (χ4v) is 3.89. The zero-order chi connectivity index (χ0) is 21.1. The van der Waals surface area contributed by atoms with E-state index < -0.39 is 0 Å². The molecule has 0 unspecified atom stereocenters. The highest BCUT2D eigenvalue weighted by atomic mass is 35.5. The molecule has 30 heavy (non-hydrogen) atoms. The number of ether oxygens (including phenoxy) is 2. The second kappa shape index (κ2) is 8.78. The fourth-order valence-electron chi connectivity index (χ4n) is 3.71. The Balaban J connectivity index is 1.77. The molecule has 1 aliphatic heterocycles. The predicted octanol–water partition coefficient (Wildman–Crippen LogP) is 5.29. The molecule has 0 aliphatic carbocycles. The van der Waals surface area contributed by atoms with Gasteiger partial charge in [-0.25, -0.2) is 0 Å². The molecule has 0 aromatic heterocycles. The second-order valence-electron chi connectivity index (χ2n) is 7.09. The van der Waals surface area contributed by atoms with Gasteiger partial charge < -0.3 is 14.6 Å². The van der Waals surface area contributed by atoms with Gasteiger partial charge in [0.05, 0.1) is 14.2 Å². The van der Waals surface area contributed by atoms with E-state index in [4.69, 9.17) is 26.1 Å². The van der Waals surface area contributed by atoms with E-state index in [1.807, 2.05) is 48.5 Å². The minimum atomic E-state index is -0.322. The number of phenolic OH excluding ortho intramolecular Hbond substituents is 1. The summed E-state index contributed by atoms with van der Waals surface area (Å²) in [5.74, 6) is 1.51. The summed E-state index contributed by atoms with van der Waals surface area (Å²) in [6, 6.07) is 20.8. The number of halogens is 1. The number of nitrogens with one attached hydrogen (secondary N) is 1. The van der Waals surface area contributed by atoms with Crippen molar-refractivity contribution in [2.75, 3.05) is 14.2 Å². The summed E-state index contributed by atoms with van der Waals surface area (Å²) in [5, 5.41) is 14.6. The average molecular weight is 423 g/mol. The number of hydrogen-bond donors (Lipinski definition) is 2. The molecule has 0 spiro atoms. The van der Waals surface area contributed by atoms with Gasteiger partial charge in [0, 0.05) is 28.8 Å². The quantitative estimate of drug-likeness (QED) is 0.586. The smallest absolute Gasteiger partial charge is 0.161 e. The van der Waals surface area contributed by atoms with Crippen LogP contribution < -0.4 is 14.8 Å². The van der Waals surface area contributed by atoms with Gasteiger partial charge in [-0.1, -0.05) is 48.0 Å². The van der Waals surface area contributed by atoms with Crippen LogP contribution in [-0.2, 0) is 0 Å². The molecule has 0 saturated carbocycles. The summed E-state index contributed by atoms with van der Waals surface area (Å²) >= 11 is 6.22. The Morgan fingerprint density at radius 3 is 2.47 bits per heavy atom. The van der Waals surface area contributed by atoms with Crippen molar-refractivity contribution < 1.29 is 14.6 Å². The number of methoxy groups -OCH3 is 2. The van der Waals surface area contributed by atoms with Gasteiger partial charge in [-0.2, -0.15) is 0 Å². The minimum Gasteiger partial charge on any atom is -0.508 e. The van der Waals surface area contributed by atoms with Crippen LogP contribution in [0.1, 0.15) is 35.3 Å². The first kappa shape index (κ1) is 20.3. The summed E-state index contributed by atoms with van der Waals surface area (Å²) in [5.41, 5.74) is 3.69. The highest BCUT2D eigenvalue weighted by molar-refractivity contribution is 6.30. The Hall–Kier alpha value is -3.02. The zero-order valence-electron chi connectivity index (χ0n) is 16.8. The molecule has 0 amide bonds. The maximum absolute atomic E-state index is 10.5. The molecule has 0 saturated heterocycles. The van der Waals surface area contributed by atoms with Crippen molar-refractivity contribution in [3.05, 3.63) is 88.4 Å². The third-order valence-electron chi connectivity index (χ3n) is 5.24. The van der Waals surface area contributed by atoms with Gasteiger partial charge in [-0.3, -0.25) is 10.3 Å². The van der Waals surface area contributed by atoms with Gasteiger partial charge in [0.25, 0.3) is 0 Å². The zero-order valence-corrected chi connectivity index (χ0v) is 17.6. The Bertz CT molecular complexity index is 1070. The fraction of sp³-hybridized carbons (Fsp3) is 0.208. The molecule has 6 heteroatoms. The van der Waals surface area contributed by atoms with Gasteiger partial charge >= 0.3 is 0 Å². The van der Waals surface area contributed by atoms with E-state index in [9.17, 15) is 5.11 Å². The van der Waals surface area contributed by atoms with E-state index in [0.717, 1.165) is 22.4 Å². The topological polar surface area (TPSA) is 63.1 Å². The van der Waals surface area contributed by atoms with Gasteiger partial charge in [-0.15, -0.1) is 0 Å². The average Bonchev–Trinajstić information content (AvgIpc) is 2.80. The first-order chi connectivity index (χ1) is 14.6. The van der Waals surface area contributed by atoms with E-state index >= 15 is 0 Å². The highest BCUT2D eigenvalue weighted by Gasteiger charge is 2.28. The molecule has 1 aliphatic rings. The van der Waals surface area contributed by atoms with Crippen LogP contribution in [0.4, 0.5) is 0 Å². The van der Waals surface area contributed by atoms with Gasteiger partial charge in [-0.05, 0) is 41.5 Å². The Labute approximate surface area is 180 Å². The lowest BCUT2D eigenvalue weighted by Gasteiger charge is -2.31. The third kappa shape index (κ3) is 4.13. The standard InChI is InChI=1S/C24H23ClN2O3/c1-29-22-11-8-16(12-23(22)30-2)24-26-19(15-6-4-3-5-7-15)14-20(27-24)18-13-17(25)9-10-21(18)28/h3-13,20,24,27-28H,14H2,1-2H3/t20-,24-/m1/s1. The Morgan fingerprint density at radius 1 is 0.967 bits per heavy atom. The van der Waals surface area contributed by atoms with Crippen molar-refractivity contribution in [3.8, 4) is 17.2 Å². The Morgan fingerprint density at radius 2 is 1.73 bits per heavy atom. The summed E-state index contributed by atoms with van der Waals surface area (Å²) < 4.78 is 10.8. The molecule has 0 bridgehead atoms. The first-order valence-electron chi connectivity index (χ1n) is 9.67. The van der Waals surface area contributed by atoms with E-state index in [-0.39, 0.29) is 18.0 Å². The van der Waals surface area contributed by atoms with Crippen molar-refractivity contribution in [1.29, 1.82) is 0 Å². The summed E-state index contributed by atoms with van der Waals surface area (Å²) in [4.78, 5) is 4.98. The van der Waals surface area contributed by atoms with E-state index in [0.29, 0.717) is 22.9 Å². The van der Waals surface area contributed by atoms with Crippen LogP contribution in [0.2, 0.25) is 5.02 Å². The SMILES string of the molecule is COc1ccc([C@@H]2N=C(c3ccccc3)C[C@H](c3cc(Cl)ccc3O)N2)cc1OC. The minimum absolute atomic E-state index is 0.158. The first-order valence-corrected chi connectivity index (χ1v) is 10.1. The van der Waals surface area contributed by atoms with Crippen molar-refractivity contribution in [2.45, 2.75) is 18.6 Å². The number of phenols is 1. The molecular formula is C24H23ClN2O3. The van der Waals surface area contributed by atoms with Crippen LogP contribution in [0.25, 0.3) is 0 Å². The molecule has 5 nitrogen and oxygen atoms in total. The molecule has 3 aromatic rings. The van der Waals surface area contributed by atoms with Crippen molar-refractivity contribution in [1.82, 2.24) is 5.32 Å². The summed E-state index contributed by atoms with van der Waals surface area (Å²) in [6.07, 6.45) is 0.305. The van der Waals surface area contributed by atoms with Crippen molar-refractivity contribution >= 4 is 17.3 Å². The van der Waals surface area contributed by atoms with Gasteiger partial charge in [0.15, 0.2) is 11.5 Å². The molecule has 154 valence electrons. The maximum Gasteiger partial charge on any atom is 0.161 e. The summed E-state index contributed by atoms with van der Waals surface area (Å²) in [6.45, 7) is 0. The normalized spacial score (nSPS) is 18.6. The molecule has 3 aromatic carbocycles. The molecule has 2 atom stereocenters. The monoisotopic (exact) mass is 422 g/mol. The lowest BCUT2D eigenvalue weighted by Crippen LogP contribution is -2.33. The lowest BCUT2D eigenvalue weighted by atomic mass is 9.93. The predicted molar refractivity (Wildman–Crippen MR) is 119 cm³/mol. The summed E-state index contributed by atoms with van der Waals surface area (Å²) in [7, 11) is 3.22. The van der Waals surface area contributed by atoms with Crippen LogP contribution in [-0.4, -0.2) is 25.0 Å². The van der Waals surface area contributed by atoms with Crippen LogP contribution >= 0.6 is 11.6 Å². The van der Waals surface area contributed by atoms with Crippen LogP contribution in [0, 0.1) is 0 Å². The maximum atomic E-state index is 10.5. The number of benzene rings is 3. The number of aliphatic imine (C=N–C) groups is 1. The molecule has 0 radical (unpaired) electrons. The molecule has 4 rings (SSSR count).